The van der Waals surface area contributed by atoms with Gasteiger partial charge in [-0.05, 0) is 24.5 Å². The van der Waals surface area contributed by atoms with Crippen molar-refractivity contribution in [2.75, 3.05) is 32.8 Å². The standard InChI is InChI=1S/C20H26N2O3/c1-2-19(23)22-11-12-25-18(15-22)13-20(24)21-10-6-9-17(14-21)16-7-4-3-5-8-16/h2-5,7-8,17-18H,1,6,9-15H2/t17?,18-/m0/s1. The van der Waals surface area contributed by atoms with Crippen molar-refractivity contribution >= 4 is 11.8 Å². The predicted molar refractivity (Wildman–Crippen MR) is 96.1 cm³/mol. The van der Waals surface area contributed by atoms with Gasteiger partial charge in [-0.3, -0.25) is 9.59 Å². The lowest BCUT2D eigenvalue weighted by Crippen LogP contribution is -2.48. The number of rotatable bonds is 4. The van der Waals surface area contributed by atoms with Crippen molar-refractivity contribution in [3.8, 4) is 0 Å². The fourth-order valence-electron chi connectivity index (χ4n) is 3.70. The van der Waals surface area contributed by atoms with E-state index in [9.17, 15) is 9.59 Å². The average Bonchev–Trinajstić information content (AvgIpc) is 2.68. The molecule has 0 aliphatic carbocycles. The Morgan fingerprint density at radius 2 is 1.96 bits per heavy atom. The molecule has 2 saturated heterocycles. The number of nitrogens with zero attached hydrogens (tertiary/aromatic N) is 2. The Kier molecular flexibility index (Phi) is 5.87. The van der Waals surface area contributed by atoms with Crippen molar-refractivity contribution in [1.82, 2.24) is 9.80 Å². The molecule has 2 heterocycles. The summed E-state index contributed by atoms with van der Waals surface area (Å²) < 4.78 is 5.70. The molecule has 5 heteroatoms. The third kappa shape index (κ3) is 4.48. The molecule has 0 N–H and O–H groups in total. The number of hydrogen-bond acceptors (Lipinski definition) is 3. The molecule has 3 rings (SSSR count). The lowest BCUT2D eigenvalue weighted by atomic mass is 9.90. The summed E-state index contributed by atoms with van der Waals surface area (Å²) >= 11 is 0. The third-order valence-electron chi connectivity index (χ3n) is 5.07. The molecule has 25 heavy (non-hydrogen) atoms. The van der Waals surface area contributed by atoms with Gasteiger partial charge in [-0.2, -0.15) is 0 Å². The highest BCUT2D eigenvalue weighted by Crippen LogP contribution is 2.27. The Morgan fingerprint density at radius 3 is 2.72 bits per heavy atom. The van der Waals surface area contributed by atoms with Crippen molar-refractivity contribution in [1.29, 1.82) is 0 Å². The summed E-state index contributed by atoms with van der Waals surface area (Å²) in [5.41, 5.74) is 1.30. The number of ether oxygens (including phenoxy) is 1. The summed E-state index contributed by atoms with van der Waals surface area (Å²) in [7, 11) is 0. The van der Waals surface area contributed by atoms with Crippen molar-refractivity contribution < 1.29 is 14.3 Å². The molecule has 134 valence electrons. The molecular formula is C20H26N2O3. The van der Waals surface area contributed by atoms with Crippen LogP contribution in [0, 0.1) is 0 Å². The Hall–Kier alpha value is -2.14. The van der Waals surface area contributed by atoms with E-state index in [-0.39, 0.29) is 17.9 Å². The van der Waals surface area contributed by atoms with Gasteiger partial charge in [-0.1, -0.05) is 36.9 Å². The van der Waals surface area contributed by atoms with Crippen molar-refractivity contribution in [2.24, 2.45) is 0 Å². The number of carbonyl (C=O) groups excluding carboxylic acids is 2. The SMILES string of the molecule is C=CC(=O)N1CCO[C@@H](CC(=O)N2CCCC(c3ccccc3)C2)C1. The summed E-state index contributed by atoms with van der Waals surface area (Å²) in [6, 6.07) is 10.4. The van der Waals surface area contributed by atoms with E-state index in [2.05, 4.69) is 30.8 Å². The van der Waals surface area contributed by atoms with Crippen molar-refractivity contribution in [3.63, 3.8) is 0 Å². The van der Waals surface area contributed by atoms with Gasteiger partial charge in [0.25, 0.3) is 0 Å². The first-order valence-electron chi connectivity index (χ1n) is 9.03. The van der Waals surface area contributed by atoms with Gasteiger partial charge in [0.2, 0.25) is 11.8 Å². The molecule has 1 aromatic carbocycles. The van der Waals surface area contributed by atoms with E-state index in [1.165, 1.54) is 11.6 Å². The van der Waals surface area contributed by atoms with Gasteiger partial charge < -0.3 is 14.5 Å². The monoisotopic (exact) mass is 342 g/mol. The Balaban J connectivity index is 1.55. The number of hydrogen-bond donors (Lipinski definition) is 0. The topological polar surface area (TPSA) is 49.9 Å². The maximum absolute atomic E-state index is 12.7. The highest BCUT2D eigenvalue weighted by atomic mass is 16.5. The smallest absolute Gasteiger partial charge is 0.246 e. The van der Waals surface area contributed by atoms with E-state index in [4.69, 9.17) is 4.74 Å². The summed E-state index contributed by atoms with van der Waals surface area (Å²) in [4.78, 5) is 28.1. The van der Waals surface area contributed by atoms with Gasteiger partial charge in [0.05, 0.1) is 19.1 Å². The molecule has 1 aromatic rings. The van der Waals surface area contributed by atoms with E-state index < -0.39 is 0 Å². The van der Waals surface area contributed by atoms with Gasteiger partial charge in [-0.15, -0.1) is 0 Å². The number of carbonyl (C=O) groups is 2. The average molecular weight is 342 g/mol. The zero-order chi connectivity index (χ0) is 17.6. The van der Waals surface area contributed by atoms with Crippen LogP contribution in [-0.2, 0) is 14.3 Å². The first-order chi connectivity index (χ1) is 12.2. The van der Waals surface area contributed by atoms with Crippen molar-refractivity contribution in [3.05, 3.63) is 48.6 Å². The van der Waals surface area contributed by atoms with Gasteiger partial charge >= 0.3 is 0 Å². The minimum atomic E-state index is -0.220. The van der Waals surface area contributed by atoms with Gasteiger partial charge in [0.15, 0.2) is 0 Å². The number of piperidine rings is 1. The molecular weight excluding hydrogens is 316 g/mol. The van der Waals surface area contributed by atoms with Gasteiger partial charge in [0, 0.05) is 32.1 Å². The fraction of sp³-hybridized carbons (Fsp3) is 0.500. The molecule has 2 fully saturated rings. The predicted octanol–water partition coefficient (Wildman–Crippen LogP) is 2.20. The molecule has 0 bridgehead atoms. The minimum Gasteiger partial charge on any atom is -0.374 e. The lowest BCUT2D eigenvalue weighted by Gasteiger charge is -2.36. The third-order valence-corrected chi connectivity index (χ3v) is 5.07. The highest BCUT2D eigenvalue weighted by molar-refractivity contribution is 5.87. The van der Waals surface area contributed by atoms with Crippen LogP contribution in [0.3, 0.4) is 0 Å². The van der Waals surface area contributed by atoms with Crippen LogP contribution >= 0.6 is 0 Å². The Labute approximate surface area is 149 Å². The maximum atomic E-state index is 12.7. The van der Waals surface area contributed by atoms with Crippen LogP contribution in [0.1, 0.15) is 30.7 Å². The Morgan fingerprint density at radius 1 is 1.16 bits per heavy atom. The van der Waals surface area contributed by atoms with Crippen LogP contribution < -0.4 is 0 Å². The van der Waals surface area contributed by atoms with E-state index in [1.807, 2.05) is 11.0 Å². The van der Waals surface area contributed by atoms with E-state index in [1.54, 1.807) is 4.90 Å². The van der Waals surface area contributed by atoms with Crippen LogP contribution in [0.4, 0.5) is 0 Å². The summed E-state index contributed by atoms with van der Waals surface area (Å²) in [5.74, 6) is 0.436. The fourth-order valence-corrected chi connectivity index (χ4v) is 3.70. The van der Waals surface area contributed by atoms with Crippen LogP contribution in [0.25, 0.3) is 0 Å². The maximum Gasteiger partial charge on any atom is 0.246 e. The molecule has 0 saturated carbocycles. The van der Waals surface area contributed by atoms with Crippen LogP contribution in [0.2, 0.25) is 0 Å². The molecule has 2 atom stereocenters. The van der Waals surface area contributed by atoms with E-state index in [0.29, 0.717) is 32.0 Å². The second-order valence-electron chi connectivity index (χ2n) is 6.77. The normalized spacial score (nSPS) is 24.0. The first-order valence-corrected chi connectivity index (χ1v) is 9.03. The van der Waals surface area contributed by atoms with Gasteiger partial charge in [0.1, 0.15) is 0 Å². The first kappa shape index (κ1) is 17.7. The Bertz CT molecular complexity index is 617. The zero-order valence-electron chi connectivity index (χ0n) is 14.6. The van der Waals surface area contributed by atoms with Crippen LogP contribution in [-0.4, -0.2) is 60.5 Å². The molecule has 0 aromatic heterocycles. The molecule has 0 spiro atoms. The lowest BCUT2D eigenvalue weighted by molar-refractivity contribution is -0.142. The second-order valence-corrected chi connectivity index (χ2v) is 6.77. The van der Waals surface area contributed by atoms with Crippen molar-refractivity contribution in [2.45, 2.75) is 31.3 Å². The van der Waals surface area contributed by atoms with Crippen LogP contribution in [0.5, 0.6) is 0 Å². The zero-order valence-corrected chi connectivity index (χ0v) is 14.6. The molecule has 1 unspecified atom stereocenters. The molecule has 5 nitrogen and oxygen atoms in total. The summed E-state index contributed by atoms with van der Waals surface area (Å²) in [6.45, 7) is 6.61. The quantitative estimate of drug-likeness (QED) is 0.788. The molecule has 2 amide bonds. The molecule has 2 aliphatic heterocycles. The number of benzene rings is 1. The van der Waals surface area contributed by atoms with Gasteiger partial charge in [-0.25, -0.2) is 0 Å². The second kappa shape index (κ2) is 8.30. The van der Waals surface area contributed by atoms with Crippen LogP contribution in [0.15, 0.2) is 43.0 Å². The number of amides is 2. The molecule has 0 radical (unpaired) electrons. The summed E-state index contributed by atoms with van der Waals surface area (Å²) in [6.07, 6.45) is 3.58. The van der Waals surface area contributed by atoms with E-state index in [0.717, 1.165) is 25.9 Å². The minimum absolute atomic E-state index is 0.0946. The summed E-state index contributed by atoms with van der Waals surface area (Å²) in [5, 5.41) is 0. The van der Waals surface area contributed by atoms with E-state index >= 15 is 0 Å². The number of morpholine rings is 1. The highest BCUT2D eigenvalue weighted by Gasteiger charge is 2.29. The number of likely N-dealkylation sites (tertiary alicyclic amines) is 1. The molecule has 2 aliphatic rings. The largest absolute Gasteiger partial charge is 0.374 e.